The lowest BCUT2D eigenvalue weighted by molar-refractivity contribution is 0.210. The minimum Gasteiger partial charge on any atom is -0.344 e. The van der Waals surface area contributed by atoms with Gasteiger partial charge in [-0.3, -0.25) is 4.67 Å². The molecule has 18 heavy (non-hydrogen) atoms. The zero-order chi connectivity index (χ0) is 14.3. The Labute approximate surface area is 116 Å². The normalized spacial score (nSPS) is 16.7. The van der Waals surface area contributed by atoms with Crippen molar-refractivity contribution >= 4 is 8.96 Å². The molecule has 3 atom stereocenters. The molecule has 0 aliphatic heterocycles. The minimum atomic E-state index is 0.308. The molecular weight excluding hydrogens is 243 g/mol. The van der Waals surface area contributed by atoms with E-state index in [0.29, 0.717) is 39.2 Å². The van der Waals surface area contributed by atoms with Gasteiger partial charge in [-0.15, -0.1) is 0 Å². The van der Waals surface area contributed by atoms with Crippen LogP contribution in [-0.4, -0.2) is 34.9 Å². The number of hydrogen-bond donors (Lipinski definition) is 1. The molecule has 0 radical (unpaired) electrons. The molecule has 0 saturated carbocycles. The molecule has 0 aliphatic rings. The topological polar surface area (TPSA) is 24.5 Å². The van der Waals surface area contributed by atoms with Crippen molar-refractivity contribution in [2.24, 2.45) is 0 Å². The van der Waals surface area contributed by atoms with Crippen molar-refractivity contribution in [1.29, 1.82) is 0 Å². The third-order valence-electron chi connectivity index (χ3n) is 2.74. The second kappa shape index (κ2) is 9.25. The Bertz CT molecular complexity index is 210. The summed E-state index contributed by atoms with van der Waals surface area (Å²) in [7, 11) is 0.465. The van der Waals surface area contributed by atoms with Gasteiger partial charge in [-0.05, 0) is 48.0 Å². The molecule has 0 aromatic heterocycles. The van der Waals surface area contributed by atoms with Crippen molar-refractivity contribution in [3.05, 3.63) is 0 Å². The molecule has 0 aromatic rings. The number of nitrogens with one attached hydrogen (secondary N) is 1. The fraction of sp³-hybridized carbons (Fsp3) is 1.00. The first-order valence-electron chi connectivity index (χ1n) is 7.19. The maximum Gasteiger partial charge on any atom is 0.0897 e. The predicted octanol–water partition coefficient (Wildman–Crippen LogP) is 3.80. The third kappa shape index (κ3) is 8.42. The molecule has 110 valence electrons. The van der Waals surface area contributed by atoms with Crippen LogP contribution in [0, 0.1) is 0 Å². The van der Waals surface area contributed by atoms with Crippen LogP contribution >= 0.6 is 8.96 Å². The average Bonchev–Trinajstić information content (AvgIpc) is 2.14. The number of hydrogen-bond acceptors (Lipinski definition) is 3. The molecular formula is C14H33N2OP. The maximum absolute atomic E-state index is 5.78. The van der Waals surface area contributed by atoms with E-state index in [2.05, 4.69) is 65.4 Å². The summed E-state index contributed by atoms with van der Waals surface area (Å²) in [6, 6.07) is 2.17. The molecule has 0 bridgehead atoms. The average molecular weight is 276 g/mol. The first-order valence-corrected chi connectivity index (χ1v) is 8.05. The molecule has 0 rings (SSSR count). The summed E-state index contributed by atoms with van der Waals surface area (Å²) in [5.41, 5.74) is 0. The van der Waals surface area contributed by atoms with Crippen molar-refractivity contribution in [3.8, 4) is 0 Å². The fourth-order valence-corrected chi connectivity index (χ4v) is 2.96. The molecule has 3 unspecified atom stereocenters. The van der Waals surface area contributed by atoms with Gasteiger partial charge in [0.05, 0.1) is 15.1 Å². The molecule has 0 aromatic carbocycles. The van der Waals surface area contributed by atoms with Crippen molar-refractivity contribution in [1.82, 2.24) is 9.99 Å². The van der Waals surface area contributed by atoms with Crippen LogP contribution in [0.5, 0.6) is 0 Å². The van der Waals surface area contributed by atoms with E-state index in [0.717, 1.165) is 6.42 Å². The first kappa shape index (κ1) is 18.3. The highest BCUT2D eigenvalue weighted by molar-refractivity contribution is 7.29. The van der Waals surface area contributed by atoms with Crippen molar-refractivity contribution in [2.45, 2.75) is 92.1 Å². The Morgan fingerprint density at radius 2 is 1.56 bits per heavy atom. The smallest absolute Gasteiger partial charge is 0.0897 e. The third-order valence-corrected chi connectivity index (χ3v) is 4.48. The van der Waals surface area contributed by atoms with Crippen LogP contribution in [0.1, 0.15) is 61.8 Å². The Kier molecular flexibility index (Phi) is 9.41. The molecule has 3 nitrogen and oxygen atoms in total. The Morgan fingerprint density at radius 3 is 1.94 bits per heavy atom. The van der Waals surface area contributed by atoms with Gasteiger partial charge in [0.2, 0.25) is 0 Å². The molecule has 0 heterocycles. The van der Waals surface area contributed by atoms with Gasteiger partial charge in [0.15, 0.2) is 0 Å². The monoisotopic (exact) mass is 276 g/mol. The number of rotatable bonds is 9. The summed E-state index contributed by atoms with van der Waals surface area (Å²) in [5.74, 6) is 0. The maximum atomic E-state index is 5.78. The highest BCUT2D eigenvalue weighted by Crippen LogP contribution is 2.29. The summed E-state index contributed by atoms with van der Waals surface area (Å²) in [5, 5.41) is 3.57. The van der Waals surface area contributed by atoms with Crippen LogP contribution in [0.25, 0.3) is 0 Å². The fourth-order valence-electron chi connectivity index (χ4n) is 2.13. The van der Waals surface area contributed by atoms with E-state index in [4.69, 9.17) is 4.52 Å². The SMILES string of the molecule is CC(C)NC(C)CC(C)N(POC(C)C)C(C)C. The largest absolute Gasteiger partial charge is 0.344 e. The minimum absolute atomic E-state index is 0.308. The lowest BCUT2D eigenvalue weighted by Gasteiger charge is -2.34. The van der Waals surface area contributed by atoms with Crippen molar-refractivity contribution < 1.29 is 4.52 Å². The highest BCUT2D eigenvalue weighted by atomic mass is 31.1. The van der Waals surface area contributed by atoms with Gasteiger partial charge in [-0.1, -0.05) is 13.8 Å². The molecule has 4 heteroatoms. The van der Waals surface area contributed by atoms with E-state index in [1.165, 1.54) is 0 Å². The van der Waals surface area contributed by atoms with Gasteiger partial charge in [0.25, 0.3) is 0 Å². The standard InChI is InChI=1S/C14H33N2OP/c1-10(2)15-13(7)9-14(8)16(11(3)4)18-17-12(5)6/h10-15,18H,9H2,1-8H3. The summed E-state index contributed by atoms with van der Waals surface area (Å²) in [6.45, 7) is 17.6. The van der Waals surface area contributed by atoms with Crippen LogP contribution in [0.15, 0.2) is 0 Å². The lowest BCUT2D eigenvalue weighted by Crippen LogP contribution is -2.40. The summed E-state index contributed by atoms with van der Waals surface area (Å²) in [4.78, 5) is 0. The van der Waals surface area contributed by atoms with Crippen LogP contribution < -0.4 is 5.32 Å². The van der Waals surface area contributed by atoms with Crippen LogP contribution in [0.2, 0.25) is 0 Å². The quantitative estimate of drug-likeness (QED) is 0.648. The molecule has 0 fully saturated rings. The van der Waals surface area contributed by atoms with Crippen molar-refractivity contribution in [3.63, 3.8) is 0 Å². The predicted molar refractivity (Wildman–Crippen MR) is 83.3 cm³/mol. The van der Waals surface area contributed by atoms with E-state index < -0.39 is 0 Å². The second-order valence-electron chi connectivity index (χ2n) is 6.07. The molecule has 0 saturated heterocycles. The lowest BCUT2D eigenvalue weighted by atomic mass is 10.1. The van der Waals surface area contributed by atoms with Crippen LogP contribution in [0.3, 0.4) is 0 Å². The van der Waals surface area contributed by atoms with Gasteiger partial charge < -0.3 is 9.84 Å². The molecule has 1 N–H and O–H groups in total. The van der Waals surface area contributed by atoms with Crippen molar-refractivity contribution in [2.75, 3.05) is 0 Å². The Morgan fingerprint density at radius 1 is 1.00 bits per heavy atom. The molecule has 0 amide bonds. The zero-order valence-corrected chi connectivity index (χ0v) is 14.4. The Hall–Kier alpha value is 0.310. The van der Waals surface area contributed by atoms with E-state index >= 15 is 0 Å². The van der Waals surface area contributed by atoms with E-state index in [1.54, 1.807) is 0 Å². The van der Waals surface area contributed by atoms with Gasteiger partial charge in [0, 0.05) is 24.2 Å². The van der Waals surface area contributed by atoms with Crippen LogP contribution in [0.4, 0.5) is 0 Å². The second-order valence-corrected chi connectivity index (χ2v) is 7.00. The van der Waals surface area contributed by atoms with E-state index in [9.17, 15) is 0 Å². The van der Waals surface area contributed by atoms with Crippen LogP contribution in [-0.2, 0) is 4.52 Å². The number of nitrogens with zero attached hydrogens (tertiary/aromatic N) is 1. The van der Waals surface area contributed by atoms with Gasteiger partial charge in [0.1, 0.15) is 0 Å². The highest BCUT2D eigenvalue weighted by Gasteiger charge is 2.20. The summed E-state index contributed by atoms with van der Waals surface area (Å²) >= 11 is 0. The van der Waals surface area contributed by atoms with Gasteiger partial charge in [-0.25, -0.2) is 0 Å². The van der Waals surface area contributed by atoms with Gasteiger partial charge in [-0.2, -0.15) is 0 Å². The van der Waals surface area contributed by atoms with Gasteiger partial charge >= 0.3 is 0 Å². The zero-order valence-electron chi connectivity index (χ0n) is 13.4. The summed E-state index contributed by atoms with van der Waals surface area (Å²) < 4.78 is 8.24. The Balaban J connectivity index is 4.24. The van der Waals surface area contributed by atoms with E-state index in [1.807, 2.05) is 0 Å². The molecule has 0 aliphatic carbocycles. The molecule has 0 spiro atoms. The van der Waals surface area contributed by atoms with E-state index in [-0.39, 0.29) is 0 Å². The summed E-state index contributed by atoms with van der Waals surface area (Å²) in [6.07, 6.45) is 1.47. The first-order chi connectivity index (χ1) is 8.23.